The normalized spacial score (nSPS) is 19.2. The van der Waals surface area contributed by atoms with Crippen molar-refractivity contribution in [2.24, 2.45) is 5.92 Å². The molecule has 5 rings (SSSR count). The van der Waals surface area contributed by atoms with E-state index in [4.69, 9.17) is 4.74 Å². The molecule has 1 aliphatic heterocycles. The van der Waals surface area contributed by atoms with Crippen LogP contribution in [-0.4, -0.2) is 41.3 Å². The molecule has 0 unspecified atom stereocenters. The number of ether oxygens (including phenoxy) is 1. The van der Waals surface area contributed by atoms with E-state index >= 15 is 0 Å². The third-order valence-corrected chi connectivity index (χ3v) is 7.21. The topological polar surface area (TPSA) is 66.8 Å². The van der Waals surface area contributed by atoms with Gasteiger partial charge in [-0.25, -0.2) is 9.59 Å². The maximum atomic E-state index is 13.0. The minimum atomic E-state index is -0.984. The summed E-state index contributed by atoms with van der Waals surface area (Å²) in [7, 11) is 0. The molecule has 168 valence electrons. The molecule has 1 heterocycles. The number of halogens is 1. The summed E-state index contributed by atoms with van der Waals surface area (Å²) in [6.45, 7) is 0.566. The van der Waals surface area contributed by atoms with Gasteiger partial charge in [-0.1, -0.05) is 76.6 Å². The lowest BCUT2D eigenvalue weighted by Gasteiger charge is -2.22. The zero-order chi connectivity index (χ0) is 22.9. The van der Waals surface area contributed by atoms with Crippen molar-refractivity contribution in [1.82, 2.24) is 4.90 Å². The molecule has 5 nitrogen and oxygen atoms in total. The molecule has 6 heteroatoms. The van der Waals surface area contributed by atoms with Crippen molar-refractivity contribution in [3.8, 4) is 11.1 Å². The van der Waals surface area contributed by atoms with Crippen LogP contribution in [0.25, 0.3) is 11.1 Å². The van der Waals surface area contributed by atoms with Crippen molar-refractivity contribution in [2.75, 3.05) is 13.2 Å². The van der Waals surface area contributed by atoms with Crippen LogP contribution in [0.3, 0.4) is 0 Å². The minimum absolute atomic E-state index is 0.0502. The average molecular weight is 506 g/mol. The van der Waals surface area contributed by atoms with Crippen molar-refractivity contribution in [1.29, 1.82) is 0 Å². The third-order valence-electron chi connectivity index (χ3n) is 6.68. The van der Waals surface area contributed by atoms with Crippen LogP contribution in [0.2, 0.25) is 0 Å². The Hall–Kier alpha value is -3.12. The Morgan fingerprint density at radius 1 is 0.939 bits per heavy atom. The van der Waals surface area contributed by atoms with E-state index in [1.54, 1.807) is 0 Å². The summed E-state index contributed by atoms with van der Waals surface area (Å²) in [5.41, 5.74) is 5.72. The predicted octanol–water partition coefficient (Wildman–Crippen LogP) is 5.72. The fourth-order valence-corrected chi connectivity index (χ4v) is 5.40. The van der Waals surface area contributed by atoms with Crippen LogP contribution < -0.4 is 0 Å². The Bertz CT molecular complexity index is 1150. The van der Waals surface area contributed by atoms with Crippen LogP contribution in [0, 0.1) is 5.92 Å². The van der Waals surface area contributed by atoms with E-state index < -0.39 is 18.1 Å². The lowest BCUT2D eigenvalue weighted by molar-refractivity contribution is -0.141. The number of carboxylic acid groups (broad SMARTS) is 1. The lowest BCUT2D eigenvalue weighted by Crippen LogP contribution is -2.41. The molecule has 3 aromatic carbocycles. The highest BCUT2D eigenvalue weighted by Gasteiger charge is 2.41. The van der Waals surface area contributed by atoms with Gasteiger partial charge in [-0.2, -0.15) is 0 Å². The highest BCUT2D eigenvalue weighted by molar-refractivity contribution is 9.10. The van der Waals surface area contributed by atoms with E-state index in [1.165, 1.54) is 4.90 Å². The van der Waals surface area contributed by atoms with Crippen LogP contribution in [0.1, 0.15) is 29.0 Å². The molecule has 0 radical (unpaired) electrons. The van der Waals surface area contributed by atoms with Crippen molar-refractivity contribution < 1.29 is 19.4 Å². The number of rotatable bonds is 5. The number of benzene rings is 3. The van der Waals surface area contributed by atoms with Gasteiger partial charge in [-0.3, -0.25) is 4.90 Å². The van der Waals surface area contributed by atoms with Gasteiger partial charge in [0.05, 0.1) is 0 Å². The quantitative estimate of drug-likeness (QED) is 0.481. The highest BCUT2D eigenvalue weighted by atomic mass is 79.9. The molecule has 1 amide bonds. The number of carboxylic acids is 1. The van der Waals surface area contributed by atoms with E-state index in [0.29, 0.717) is 13.0 Å². The Labute approximate surface area is 201 Å². The largest absolute Gasteiger partial charge is 0.480 e. The maximum Gasteiger partial charge on any atom is 0.410 e. The second-order valence-corrected chi connectivity index (χ2v) is 9.66. The molecule has 0 bridgehead atoms. The van der Waals surface area contributed by atoms with E-state index in [1.807, 2.05) is 48.5 Å². The second kappa shape index (κ2) is 9.02. The van der Waals surface area contributed by atoms with Gasteiger partial charge in [-0.15, -0.1) is 0 Å². The fraction of sp³-hybridized carbons (Fsp3) is 0.259. The lowest BCUT2D eigenvalue weighted by atomic mass is 9.97. The third kappa shape index (κ3) is 4.27. The van der Waals surface area contributed by atoms with Crippen molar-refractivity contribution >= 4 is 28.0 Å². The van der Waals surface area contributed by atoms with Crippen LogP contribution in [0.5, 0.6) is 0 Å². The van der Waals surface area contributed by atoms with Gasteiger partial charge < -0.3 is 9.84 Å². The minimum Gasteiger partial charge on any atom is -0.480 e. The van der Waals surface area contributed by atoms with Crippen molar-refractivity contribution in [2.45, 2.75) is 24.8 Å². The monoisotopic (exact) mass is 505 g/mol. The number of hydrogen-bond donors (Lipinski definition) is 1. The number of amides is 1. The SMILES string of the molecule is O=C(O)[C@@H]1C[C@@H](Cc2ccc(Br)cc2)CN1C(=O)OCC1c2ccccc2-c2ccccc21. The molecular formula is C27H24BrNO4. The molecule has 2 aliphatic rings. The van der Waals surface area contributed by atoms with Gasteiger partial charge in [0.25, 0.3) is 0 Å². The molecule has 1 fully saturated rings. The smallest absolute Gasteiger partial charge is 0.410 e. The summed E-state index contributed by atoms with van der Waals surface area (Å²) in [4.78, 5) is 26.3. The molecule has 1 aliphatic carbocycles. The molecule has 0 aromatic heterocycles. The summed E-state index contributed by atoms with van der Waals surface area (Å²) in [5.74, 6) is -0.958. The van der Waals surface area contributed by atoms with E-state index in [0.717, 1.165) is 38.7 Å². The number of nitrogens with zero attached hydrogens (tertiary/aromatic N) is 1. The molecular weight excluding hydrogens is 482 g/mol. The van der Waals surface area contributed by atoms with E-state index in [9.17, 15) is 14.7 Å². The number of likely N-dealkylation sites (tertiary alicyclic amines) is 1. The molecule has 2 atom stereocenters. The van der Waals surface area contributed by atoms with Gasteiger partial charge in [0.2, 0.25) is 0 Å². The van der Waals surface area contributed by atoms with Gasteiger partial charge in [0.15, 0.2) is 0 Å². The van der Waals surface area contributed by atoms with Crippen molar-refractivity contribution in [3.05, 3.63) is 94.0 Å². The first kappa shape index (κ1) is 21.7. The number of aliphatic carboxylic acids is 1. The number of carbonyl (C=O) groups is 2. The first-order valence-electron chi connectivity index (χ1n) is 11.1. The second-order valence-electron chi connectivity index (χ2n) is 8.74. The molecule has 1 saturated heterocycles. The number of carbonyl (C=O) groups excluding carboxylic acids is 1. The van der Waals surface area contributed by atoms with Gasteiger partial charge in [0.1, 0.15) is 12.6 Å². The summed E-state index contributed by atoms with van der Waals surface area (Å²) in [6, 6.07) is 23.5. The molecule has 3 aromatic rings. The highest BCUT2D eigenvalue weighted by Crippen LogP contribution is 2.44. The molecule has 0 spiro atoms. The first-order chi connectivity index (χ1) is 16.0. The zero-order valence-electron chi connectivity index (χ0n) is 18.0. The average Bonchev–Trinajstić information content (AvgIpc) is 3.39. The van der Waals surface area contributed by atoms with E-state index in [2.05, 4.69) is 40.2 Å². The Kier molecular flexibility index (Phi) is 5.94. The van der Waals surface area contributed by atoms with Crippen LogP contribution in [0.4, 0.5) is 4.79 Å². The maximum absolute atomic E-state index is 13.0. The predicted molar refractivity (Wildman–Crippen MR) is 129 cm³/mol. The number of hydrogen-bond acceptors (Lipinski definition) is 3. The Morgan fingerprint density at radius 2 is 1.55 bits per heavy atom. The molecule has 1 N–H and O–H groups in total. The van der Waals surface area contributed by atoms with E-state index in [-0.39, 0.29) is 18.4 Å². The van der Waals surface area contributed by atoms with Gasteiger partial charge >= 0.3 is 12.1 Å². The summed E-state index contributed by atoms with van der Waals surface area (Å²) < 4.78 is 6.74. The Balaban J connectivity index is 1.29. The fourth-order valence-electron chi connectivity index (χ4n) is 5.14. The zero-order valence-corrected chi connectivity index (χ0v) is 19.6. The molecule has 33 heavy (non-hydrogen) atoms. The summed E-state index contributed by atoms with van der Waals surface area (Å²) in [6.07, 6.45) is 0.599. The molecule has 0 saturated carbocycles. The van der Waals surface area contributed by atoms with Crippen LogP contribution in [-0.2, 0) is 16.0 Å². The van der Waals surface area contributed by atoms with Crippen molar-refractivity contribution in [3.63, 3.8) is 0 Å². The number of fused-ring (bicyclic) bond motifs is 3. The van der Waals surface area contributed by atoms with Crippen LogP contribution >= 0.6 is 15.9 Å². The standard InChI is InChI=1S/C27H24BrNO4/c28-19-11-9-17(10-12-19)13-18-14-25(26(30)31)29(15-18)27(32)33-16-24-22-7-3-1-5-20(22)21-6-2-4-8-23(21)24/h1-12,18,24-25H,13-16H2,(H,30,31)/t18-,25+/m1/s1. The summed E-state index contributed by atoms with van der Waals surface area (Å²) in [5, 5.41) is 9.74. The first-order valence-corrected chi connectivity index (χ1v) is 11.9. The van der Waals surface area contributed by atoms with Crippen LogP contribution in [0.15, 0.2) is 77.3 Å². The van der Waals surface area contributed by atoms with Gasteiger partial charge in [-0.05, 0) is 58.7 Å². The van der Waals surface area contributed by atoms with Gasteiger partial charge in [0, 0.05) is 16.9 Å². The Morgan fingerprint density at radius 3 is 2.15 bits per heavy atom. The summed E-state index contributed by atoms with van der Waals surface area (Å²) >= 11 is 3.43.